The summed E-state index contributed by atoms with van der Waals surface area (Å²) in [4.78, 5) is 26.5. The summed E-state index contributed by atoms with van der Waals surface area (Å²) in [5.41, 5.74) is 0.366. The number of alkyl halides is 3. The Morgan fingerprint density at radius 2 is 1.70 bits per heavy atom. The molecule has 2 amide bonds. The zero-order valence-corrected chi connectivity index (χ0v) is 14.7. The Kier molecular flexibility index (Phi) is 5.21. The van der Waals surface area contributed by atoms with E-state index in [9.17, 15) is 22.8 Å². The number of halogens is 3. The number of amides is 2. The Morgan fingerprint density at radius 1 is 1.07 bits per heavy atom. The number of hydrogen-bond donors (Lipinski definition) is 1. The first-order valence-corrected chi connectivity index (χ1v) is 8.56. The molecule has 0 unspecified atom stereocenters. The lowest BCUT2D eigenvalue weighted by molar-refractivity contribution is -0.140. The molecule has 3 rings (SSSR count). The van der Waals surface area contributed by atoms with E-state index in [1.165, 1.54) is 12.1 Å². The van der Waals surface area contributed by atoms with Crippen molar-refractivity contribution in [3.8, 4) is 0 Å². The molecule has 27 heavy (non-hydrogen) atoms. The highest BCUT2D eigenvalue weighted by Crippen LogP contribution is 2.36. The highest BCUT2D eigenvalue weighted by atomic mass is 19.4. The van der Waals surface area contributed by atoms with Crippen LogP contribution in [0, 0.1) is 5.92 Å². The number of rotatable bonds is 3. The SMILES string of the molecule is CN1C(=O)CC[C@@H](C(=O)Nc2ccc(C(F)(F)F)cc2)[C@@H]1c1ccccc1. The Labute approximate surface area is 155 Å². The number of anilines is 1. The Hall–Kier alpha value is -2.83. The van der Waals surface area contributed by atoms with E-state index in [1.54, 1.807) is 11.9 Å². The molecule has 0 spiro atoms. The minimum atomic E-state index is -4.42. The second kappa shape index (κ2) is 7.42. The Balaban J connectivity index is 1.80. The molecule has 0 radical (unpaired) electrons. The Morgan fingerprint density at radius 3 is 2.30 bits per heavy atom. The molecule has 1 fully saturated rings. The minimum absolute atomic E-state index is 0.0394. The van der Waals surface area contributed by atoms with Gasteiger partial charge in [0.2, 0.25) is 11.8 Å². The fourth-order valence-electron chi connectivity index (χ4n) is 3.40. The van der Waals surface area contributed by atoms with Crippen LogP contribution < -0.4 is 5.32 Å². The maximum Gasteiger partial charge on any atom is 0.416 e. The van der Waals surface area contributed by atoms with Gasteiger partial charge in [-0.05, 0) is 36.2 Å². The molecule has 1 aliphatic heterocycles. The van der Waals surface area contributed by atoms with Crippen molar-refractivity contribution < 1.29 is 22.8 Å². The first-order valence-electron chi connectivity index (χ1n) is 8.56. The average Bonchev–Trinajstić information content (AvgIpc) is 2.64. The van der Waals surface area contributed by atoms with Gasteiger partial charge >= 0.3 is 6.18 Å². The molecule has 0 bridgehead atoms. The van der Waals surface area contributed by atoms with E-state index in [0.29, 0.717) is 12.1 Å². The van der Waals surface area contributed by atoms with E-state index in [-0.39, 0.29) is 18.2 Å². The lowest BCUT2D eigenvalue weighted by Crippen LogP contribution is -2.44. The van der Waals surface area contributed by atoms with Crippen LogP contribution in [0.15, 0.2) is 54.6 Å². The van der Waals surface area contributed by atoms with Crippen molar-refractivity contribution in [3.05, 3.63) is 65.7 Å². The second-order valence-corrected chi connectivity index (χ2v) is 6.57. The standard InChI is InChI=1S/C20H19F3N2O2/c1-25-17(26)12-11-16(18(25)13-5-3-2-4-6-13)19(27)24-15-9-7-14(8-10-15)20(21,22)23/h2-10,16,18H,11-12H2,1H3,(H,24,27)/t16-,18+/m1/s1. The van der Waals surface area contributed by atoms with Crippen LogP contribution in [0.25, 0.3) is 0 Å². The van der Waals surface area contributed by atoms with Gasteiger partial charge in [-0.1, -0.05) is 30.3 Å². The van der Waals surface area contributed by atoms with Crippen LogP contribution in [0.3, 0.4) is 0 Å². The van der Waals surface area contributed by atoms with Gasteiger partial charge in [0.05, 0.1) is 17.5 Å². The normalized spacial score (nSPS) is 20.4. The number of nitrogens with one attached hydrogen (secondary N) is 1. The van der Waals surface area contributed by atoms with E-state index in [1.807, 2.05) is 30.3 Å². The summed E-state index contributed by atoms with van der Waals surface area (Å²) in [5, 5.41) is 2.68. The molecule has 0 saturated carbocycles. The maximum atomic E-state index is 12.8. The van der Waals surface area contributed by atoms with Crippen LogP contribution in [-0.2, 0) is 15.8 Å². The van der Waals surface area contributed by atoms with Gasteiger partial charge in [-0.2, -0.15) is 13.2 Å². The molecule has 1 N–H and O–H groups in total. The monoisotopic (exact) mass is 376 g/mol. The number of benzene rings is 2. The van der Waals surface area contributed by atoms with E-state index in [2.05, 4.69) is 5.32 Å². The van der Waals surface area contributed by atoms with Gasteiger partial charge in [0.1, 0.15) is 0 Å². The average molecular weight is 376 g/mol. The van der Waals surface area contributed by atoms with E-state index < -0.39 is 23.7 Å². The summed E-state index contributed by atoms with van der Waals surface area (Å²) in [6, 6.07) is 13.2. The largest absolute Gasteiger partial charge is 0.416 e. The van der Waals surface area contributed by atoms with Crippen molar-refractivity contribution in [1.29, 1.82) is 0 Å². The molecule has 2 atom stereocenters. The van der Waals surface area contributed by atoms with Crippen LogP contribution in [-0.4, -0.2) is 23.8 Å². The van der Waals surface area contributed by atoms with Crippen LogP contribution in [0.2, 0.25) is 0 Å². The number of nitrogens with zero attached hydrogens (tertiary/aromatic N) is 1. The predicted molar refractivity (Wildman–Crippen MR) is 94.8 cm³/mol. The van der Waals surface area contributed by atoms with E-state index in [4.69, 9.17) is 0 Å². The third-order valence-corrected chi connectivity index (χ3v) is 4.82. The first-order chi connectivity index (χ1) is 12.8. The minimum Gasteiger partial charge on any atom is -0.338 e. The third-order valence-electron chi connectivity index (χ3n) is 4.82. The molecule has 1 aliphatic rings. The molecule has 2 aromatic carbocycles. The highest BCUT2D eigenvalue weighted by molar-refractivity contribution is 5.94. The maximum absolute atomic E-state index is 12.8. The molecule has 2 aromatic rings. The molecular formula is C20H19F3N2O2. The van der Waals surface area contributed by atoms with Crippen molar-refractivity contribution in [3.63, 3.8) is 0 Å². The van der Waals surface area contributed by atoms with Crippen molar-refractivity contribution in [2.24, 2.45) is 5.92 Å². The third kappa shape index (κ3) is 4.13. The topological polar surface area (TPSA) is 49.4 Å². The summed E-state index contributed by atoms with van der Waals surface area (Å²) in [6.45, 7) is 0. The van der Waals surface area contributed by atoms with Crippen LogP contribution in [0.5, 0.6) is 0 Å². The number of hydrogen-bond acceptors (Lipinski definition) is 2. The van der Waals surface area contributed by atoms with E-state index >= 15 is 0 Å². The highest BCUT2D eigenvalue weighted by Gasteiger charge is 2.39. The quantitative estimate of drug-likeness (QED) is 0.871. The summed E-state index contributed by atoms with van der Waals surface area (Å²) < 4.78 is 38.0. The fourth-order valence-corrected chi connectivity index (χ4v) is 3.40. The number of likely N-dealkylation sites (tertiary alicyclic amines) is 1. The van der Waals surface area contributed by atoms with E-state index in [0.717, 1.165) is 17.7 Å². The van der Waals surface area contributed by atoms with Gasteiger partial charge in [0.25, 0.3) is 0 Å². The summed E-state index contributed by atoms with van der Waals surface area (Å²) in [7, 11) is 1.66. The van der Waals surface area contributed by atoms with Gasteiger partial charge in [0, 0.05) is 19.2 Å². The van der Waals surface area contributed by atoms with Crippen molar-refractivity contribution >= 4 is 17.5 Å². The molecule has 4 nitrogen and oxygen atoms in total. The Bertz CT molecular complexity index is 819. The fraction of sp³-hybridized carbons (Fsp3) is 0.300. The van der Waals surface area contributed by atoms with Crippen LogP contribution >= 0.6 is 0 Å². The van der Waals surface area contributed by atoms with Gasteiger partial charge in [-0.3, -0.25) is 9.59 Å². The van der Waals surface area contributed by atoms with Crippen LogP contribution in [0.1, 0.15) is 30.0 Å². The molecule has 142 valence electrons. The number of piperidine rings is 1. The summed E-state index contributed by atoms with van der Waals surface area (Å²) >= 11 is 0. The molecule has 1 saturated heterocycles. The lowest BCUT2D eigenvalue weighted by atomic mass is 9.84. The summed E-state index contributed by atoms with van der Waals surface area (Å²) in [5.74, 6) is -0.845. The zero-order chi connectivity index (χ0) is 19.6. The van der Waals surface area contributed by atoms with Crippen molar-refractivity contribution in [1.82, 2.24) is 4.90 Å². The van der Waals surface area contributed by atoms with Gasteiger partial charge in [-0.25, -0.2) is 0 Å². The van der Waals surface area contributed by atoms with Crippen LogP contribution in [0.4, 0.5) is 18.9 Å². The molecular weight excluding hydrogens is 357 g/mol. The number of carbonyl (C=O) groups excluding carboxylic acids is 2. The zero-order valence-electron chi connectivity index (χ0n) is 14.7. The van der Waals surface area contributed by atoms with Gasteiger partial charge < -0.3 is 10.2 Å². The smallest absolute Gasteiger partial charge is 0.338 e. The van der Waals surface area contributed by atoms with Gasteiger partial charge in [0.15, 0.2) is 0 Å². The summed E-state index contributed by atoms with van der Waals surface area (Å²) in [6.07, 6.45) is -3.78. The predicted octanol–water partition coefficient (Wildman–Crippen LogP) is 4.25. The van der Waals surface area contributed by atoms with Crippen molar-refractivity contribution in [2.45, 2.75) is 25.1 Å². The van der Waals surface area contributed by atoms with Crippen molar-refractivity contribution in [2.75, 3.05) is 12.4 Å². The molecule has 0 aliphatic carbocycles. The second-order valence-electron chi connectivity index (χ2n) is 6.57. The molecule has 7 heteroatoms. The van der Waals surface area contributed by atoms with Gasteiger partial charge in [-0.15, -0.1) is 0 Å². The number of carbonyl (C=O) groups is 2. The lowest BCUT2D eigenvalue weighted by Gasteiger charge is -2.38. The molecule has 0 aromatic heterocycles. The molecule has 1 heterocycles. The first kappa shape index (κ1) is 18.9.